The van der Waals surface area contributed by atoms with E-state index in [1.165, 1.54) is 28.9 Å². The van der Waals surface area contributed by atoms with Crippen LogP contribution in [-0.2, 0) is 10.0 Å². The molecular formula is C33H44ClN5O4S. The molecule has 0 spiro atoms. The molecular weight excluding hydrogens is 598 g/mol. The highest BCUT2D eigenvalue weighted by Crippen LogP contribution is 2.21. The number of nitrogen functional groups attached to an aromatic ring is 1. The van der Waals surface area contributed by atoms with Crippen LogP contribution in [0, 0.1) is 18.8 Å². The molecule has 0 saturated heterocycles. The minimum absolute atomic E-state index is 0.00511. The van der Waals surface area contributed by atoms with Crippen molar-refractivity contribution < 1.29 is 18.0 Å². The number of rotatable bonds is 15. The molecule has 3 aromatic rings. The van der Waals surface area contributed by atoms with Crippen LogP contribution in [-0.4, -0.2) is 53.8 Å². The Balaban J connectivity index is 2.21. The van der Waals surface area contributed by atoms with E-state index in [4.69, 9.17) is 17.3 Å². The van der Waals surface area contributed by atoms with Gasteiger partial charge in [0.05, 0.1) is 4.90 Å². The number of alkyl halides is 1. The number of nitrogens with two attached hydrogens (primary N) is 1. The summed E-state index contributed by atoms with van der Waals surface area (Å²) in [5.74, 6) is 0.458. The monoisotopic (exact) mass is 641 g/mol. The van der Waals surface area contributed by atoms with E-state index in [0.717, 1.165) is 18.4 Å². The van der Waals surface area contributed by atoms with Gasteiger partial charge in [-0.25, -0.2) is 4.68 Å². The van der Waals surface area contributed by atoms with Crippen molar-refractivity contribution in [1.29, 1.82) is 0 Å². The molecule has 0 bridgehead atoms. The Labute approximate surface area is 266 Å². The lowest BCUT2D eigenvalue weighted by Gasteiger charge is -2.25. The van der Waals surface area contributed by atoms with Gasteiger partial charge in [-0.05, 0) is 93.0 Å². The maximum absolute atomic E-state index is 13.9. The summed E-state index contributed by atoms with van der Waals surface area (Å²) in [5.41, 5.74) is 7.65. The second kappa shape index (κ2) is 16.0. The van der Waals surface area contributed by atoms with Crippen LogP contribution in [0.4, 0.5) is 5.69 Å². The van der Waals surface area contributed by atoms with Crippen LogP contribution in [0.15, 0.2) is 70.0 Å². The van der Waals surface area contributed by atoms with Crippen molar-refractivity contribution in [1.82, 2.24) is 14.7 Å². The van der Waals surface area contributed by atoms with Gasteiger partial charge < -0.3 is 10.6 Å². The minimum Gasteiger partial charge on any atom is -0.399 e. The smallest absolute Gasteiger partial charge is 0.284 e. The number of Topliss-reactive ketones (excluding diaryl/α,β-unsaturated/α-hetero) is 1. The number of sulfonamides is 1. The molecule has 0 aliphatic heterocycles. The van der Waals surface area contributed by atoms with E-state index in [9.17, 15) is 18.0 Å². The largest absolute Gasteiger partial charge is 0.399 e. The van der Waals surface area contributed by atoms with Gasteiger partial charge in [0.2, 0.25) is 0 Å². The second-order valence-corrected chi connectivity index (χ2v) is 13.9. The number of benzene rings is 2. The van der Waals surface area contributed by atoms with Crippen molar-refractivity contribution in [2.75, 3.05) is 24.7 Å². The summed E-state index contributed by atoms with van der Waals surface area (Å²) in [6, 6.07) is 14.8. The summed E-state index contributed by atoms with van der Waals surface area (Å²) in [6.45, 7) is 11.4. The van der Waals surface area contributed by atoms with E-state index in [1.807, 2.05) is 6.92 Å². The van der Waals surface area contributed by atoms with E-state index in [-0.39, 0.29) is 40.1 Å². The summed E-state index contributed by atoms with van der Waals surface area (Å²) in [6.07, 6.45) is 2.33. The first kappa shape index (κ1) is 35.0. The fraction of sp³-hybridized carbons (Fsp3) is 0.455. The van der Waals surface area contributed by atoms with Crippen molar-refractivity contribution in [2.45, 2.75) is 71.2 Å². The zero-order valence-corrected chi connectivity index (χ0v) is 27.8. The SMILES string of the molecule is Cc1ccc(S(=O)(=O)N=c2ccc(C(=O)N(CCC(C)C)CCC(C)C)nn2C(CCCCl)C(=O)c2ccc(N)cc2)cc1. The topological polar surface area (TPSA) is 128 Å². The van der Waals surface area contributed by atoms with E-state index < -0.39 is 16.1 Å². The Kier molecular flexibility index (Phi) is 12.7. The Morgan fingerprint density at radius 2 is 1.50 bits per heavy atom. The lowest BCUT2D eigenvalue weighted by atomic mass is 10.00. The van der Waals surface area contributed by atoms with Gasteiger partial charge in [-0.1, -0.05) is 45.4 Å². The Morgan fingerprint density at radius 1 is 0.909 bits per heavy atom. The molecule has 0 aliphatic rings. The average molecular weight is 642 g/mol. The number of amides is 1. The number of halogens is 1. The first-order valence-electron chi connectivity index (χ1n) is 15.0. The number of anilines is 1. The molecule has 9 nitrogen and oxygen atoms in total. The highest BCUT2D eigenvalue weighted by molar-refractivity contribution is 7.90. The first-order valence-corrected chi connectivity index (χ1v) is 17.0. The molecule has 1 heterocycles. The van der Waals surface area contributed by atoms with E-state index in [0.29, 0.717) is 42.6 Å². The number of carbonyl (C=O) groups is 2. The molecule has 0 radical (unpaired) electrons. The zero-order chi connectivity index (χ0) is 32.4. The van der Waals surface area contributed by atoms with Crippen molar-refractivity contribution in [3.8, 4) is 0 Å². The van der Waals surface area contributed by atoms with Gasteiger partial charge >= 0.3 is 0 Å². The van der Waals surface area contributed by atoms with Crippen molar-refractivity contribution in [3.63, 3.8) is 0 Å². The minimum atomic E-state index is -4.17. The van der Waals surface area contributed by atoms with Crippen molar-refractivity contribution in [2.24, 2.45) is 16.2 Å². The van der Waals surface area contributed by atoms with Crippen molar-refractivity contribution in [3.05, 3.63) is 83.0 Å². The van der Waals surface area contributed by atoms with E-state index >= 15 is 0 Å². The van der Waals surface area contributed by atoms with Gasteiger partial charge in [-0.3, -0.25) is 9.59 Å². The number of carbonyl (C=O) groups excluding carboxylic acids is 2. The summed E-state index contributed by atoms with van der Waals surface area (Å²) in [5, 5.41) is 4.64. The maximum atomic E-state index is 13.9. The van der Waals surface area contributed by atoms with Crippen molar-refractivity contribution >= 4 is 39.0 Å². The van der Waals surface area contributed by atoms with Crippen LogP contribution >= 0.6 is 11.6 Å². The molecule has 0 saturated carbocycles. The Morgan fingerprint density at radius 3 is 2.05 bits per heavy atom. The first-order chi connectivity index (χ1) is 20.8. The van der Waals surface area contributed by atoms with Crippen LogP contribution in [0.2, 0.25) is 0 Å². The molecule has 3 rings (SSSR count). The molecule has 1 amide bonds. The molecule has 1 aromatic heterocycles. The third-order valence-corrected chi connectivity index (χ3v) is 8.80. The van der Waals surface area contributed by atoms with Crippen LogP contribution in [0.25, 0.3) is 0 Å². The summed E-state index contributed by atoms with van der Waals surface area (Å²) < 4.78 is 32.2. The quantitative estimate of drug-likeness (QED) is 0.122. The average Bonchev–Trinajstić information content (AvgIpc) is 2.97. The Bertz CT molecular complexity index is 1570. The van der Waals surface area contributed by atoms with E-state index in [1.54, 1.807) is 41.3 Å². The summed E-state index contributed by atoms with van der Waals surface area (Å²) in [7, 11) is -4.17. The Hall–Kier alpha value is -3.50. The standard InChI is InChI=1S/C33H44ClN5O4S/c1-23(2)18-21-38(22-19-24(3)4)33(41)29-16-17-31(37-44(42,43)28-14-8-25(5)9-15-28)39(36-29)30(7-6-20-34)32(40)26-10-12-27(35)13-11-26/h8-17,23-24,30H,6-7,18-22,35H2,1-5H3. The van der Waals surface area contributed by atoms with Crippen LogP contribution in [0.1, 0.15) is 85.8 Å². The predicted molar refractivity (Wildman–Crippen MR) is 175 cm³/mol. The molecule has 0 aliphatic carbocycles. The fourth-order valence-corrected chi connectivity index (χ4v) is 5.64. The third kappa shape index (κ3) is 9.75. The van der Waals surface area contributed by atoms with Crippen LogP contribution in [0.3, 0.4) is 0 Å². The van der Waals surface area contributed by atoms with Crippen LogP contribution in [0.5, 0.6) is 0 Å². The molecule has 238 valence electrons. The summed E-state index contributed by atoms with van der Waals surface area (Å²) in [4.78, 5) is 29.6. The molecule has 44 heavy (non-hydrogen) atoms. The number of hydrogen-bond donors (Lipinski definition) is 1. The van der Waals surface area contributed by atoms with Gasteiger partial charge in [-0.2, -0.15) is 13.5 Å². The lowest BCUT2D eigenvalue weighted by molar-refractivity contribution is 0.0727. The molecule has 1 atom stereocenters. The normalized spacial score (nSPS) is 13.0. The molecule has 1 unspecified atom stereocenters. The number of hydrogen-bond acceptors (Lipinski definition) is 6. The predicted octanol–water partition coefficient (Wildman–Crippen LogP) is 6.04. The third-order valence-electron chi connectivity index (χ3n) is 7.24. The zero-order valence-electron chi connectivity index (χ0n) is 26.2. The van der Waals surface area contributed by atoms with E-state index in [2.05, 4.69) is 37.2 Å². The molecule has 2 N–H and O–H groups in total. The second-order valence-electron chi connectivity index (χ2n) is 11.9. The van der Waals surface area contributed by atoms with Crippen LogP contribution < -0.4 is 11.2 Å². The molecule has 2 aromatic carbocycles. The highest BCUT2D eigenvalue weighted by atomic mass is 35.5. The lowest BCUT2D eigenvalue weighted by Crippen LogP contribution is -2.38. The number of nitrogens with zero attached hydrogens (tertiary/aromatic N) is 4. The molecule has 0 fully saturated rings. The fourth-order valence-electron chi connectivity index (χ4n) is 4.51. The van der Waals surface area contributed by atoms with Gasteiger partial charge in [-0.15, -0.1) is 16.0 Å². The highest BCUT2D eigenvalue weighted by Gasteiger charge is 2.26. The summed E-state index contributed by atoms with van der Waals surface area (Å²) >= 11 is 6.05. The number of aryl methyl sites for hydroxylation is 1. The van der Waals surface area contributed by atoms with Gasteiger partial charge in [0.25, 0.3) is 15.9 Å². The van der Waals surface area contributed by atoms with Gasteiger partial charge in [0.1, 0.15) is 11.7 Å². The maximum Gasteiger partial charge on any atom is 0.284 e. The van der Waals surface area contributed by atoms with Gasteiger partial charge in [0, 0.05) is 30.2 Å². The number of ketones is 1. The molecule has 11 heteroatoms. The van der Waals surface area contributed by atoms with Gasteiger partial charge in [0.15, 0.2) is 11.3 Å². The number of aromatic nitrogens is 2.